The van der Waals surface area contributed by atoms with Crippen LogP contribution in [0.1, 0.15) is 15.9 Å². The molecule has 7 heteroatoms. The van der Waals surface area contributed by atoms with Crippen LogP contribution in [0.15, 0.2) is 36.4 Å². The monoisotopic (exact) mass is 372 g/mol. The Bertz CT molecular complexity index is 803. The standard InChI is InChI=1S/C20H24N2O5/c1-25-16-5-3-14(19(12-16)26-2)13-21-15-4-6-18(17(11-15)20(23)24)22-7-9-27-10-8-22/h3-6,11-12,21H,7-10,13H2,1-2H3,(H,23,24). The first-order valence-electron chi connectivity index (χ1n) is 8.85. The van der Waals surface area contributed by atoms with Gasteiger partial charge in [-0.25, -0.2) is 0 Å². The Kier molecular flexibility index (Phi) is 6.16. The second-order valence-corrected chi connectivity index (χ2v) is 6.30. The maximum absolute atomic E-state index is 11.6. The molecule has 1 aliphatic heterocycles. The van der Waals surface area contributed by atoms with Crippen LogP contribution >= 0.6 is 0 Å². The molecular formula is C20H24N2O5. The van der Waals surface area contributed by atoms with Gasteiger partial charge in [-0.1, -0.05) is 0 Å². The van der Waals surface area contributed by atoms with E-state index < -0.39 is 5.97 Å². The quantitative estimate of drug-likeness (QED) is 0.724. The van der Waals surface area contributed by atoms with E-state index in [4.69, 9.17) is 14.2 Å². The molecule has 2 aromatic carbocycles. The molecule has 2 N–H and O–H groups in total. The minimum absolute atomic E-state index is 0.207. The molecule has 1 saturated heterocycles. The van der Waals surface area contributed by atoms with Crippen LogP contribution < -0.4 is 24.8 Å². The van der Waals surface area contributed by atoms with Gasteiger partial charge in [0.1, 0.15) is 30.3 Å². The summed E-state index contributed by atoms with van der Waals surface area (Å²) in [4.78, 5) is 12.7. The molecule has 1 fully saturated rings. The number of carboxylic acids is 1. The van der Waals surface area contributed by atoms with Gasteiger partial charge in [-0.15, -0.1) is 0 Å². The summed E-state index contributed by atoms with van der Waals surface area (Å²) in [5.74, 6) is 0.249. The van der Waals surface area contributed by atoms with Crippen molar-refractivity contribution in [2.75, 3.05) is 45.8 Å². The van der Waals surface area contributed by atoms with Crippen molar-refractivity contribution < 1.29 is 29.0 Å². The Morgan fingerprint density at radius 1 is 1.15 bits per heavy atom. The van der Waals surface area contributed by atoms with Crippen molar-refractivity contribution >= 4 is 17.3 Å². The molecule has 2 aromatic rings. The second-order valence-electron chi connectivity index (χ2n) is 6.30. The highest BCUT2D eigenvalue weighted by Crippen LogP contribution is 2.26. The van der Waals surface area contributed by atoms with Crippen molar-refractivity contribution in [2.24, 2.45) is 0 Å². The van der Waals surface area contributed by atoms with Crippen LogP contribution in [0, 0.1) is 0 Å². The number of carbonyl (C=O) groups excluding carboxylic acids is 1. The number of aromatic carboxylic acids is 1. The average molecular weight is 372 g/mol. The van der Waals surface area contributed by atoms with Gasteiger partial charge in [-0.05, 0) is 24.3 Å². The molecule has 3 rings (SSSR count). The first-order valence-corrected chi connectivity index (χ1v) is 8.85. The van der Waals surface area contributed by atoms with Gasteiger partial charge < -0.3 is 29.4 Å². The third kappa shape index (κ3) is 4.50. The summed E-state index contributed by atoms with van der Waals surface area (Å²) >= 11 is 0. The first-order chi connectivity index (χ1) is 13.1. The highest BCUT2D eigenvalue weighted by atomic mass is 16.5. The number of hydrogen-bond donors (Lipinski definition) is 2. The maximum atomic E-state index is 11.6. The number of ether oxygens (including phenoxy) is 3. The van der Waals surface area contributed by atoms with Crippen LogP contribution in [-0.4, -0.2) is 46.5 Å². The number of methoxy groups -OCH3 is 2. The van der Waals surface area contributed by atoms with E-state index in [1.807, 2.05) is 30.3 Å². The number of anilines is 1. The van der Waals surface area contributed by atoms with E-state index in [0.717, 1.165) is 29.2 Å². The van der Waals surface area contributed by atoms with Gasteiger partial charge in [0.05, 0.1) is 39.0 Å². The summed E-state index contributed by atoms with van der Waals surface area (Å²) in [6, 6.07) is 10.9. The van der Waals surface area contributed by atoms with Crippen LogP contribution in [0.25, 0.3) is 0 Å². The van der Waals surface area contributed by atoms with Gasteiger partial charge in [-0.2, -0.15) is 0 Å². The Morgan fingerprint density at radius 3 is 2.59 bits per heavy atom. The van der Waals surface area contributed by atoms with Gasteiger partial charge in [0.25, 0.3) is 0 Å². The van der Waals surface area contributed by atoms with Crippen LogP contribution in [0.2, 0.25) is 0 Å². The lowest BCUT2D eigenvalue weighted by Gasteiger charge is -2.25. The van der Waals surface area contributed by atoms with Crippen LogP contribution in [0.3, 0.4) is 0 Å². The number of quaternary nitrogens is 1. The Labute approximate surface area is 158 Å². The molecule has 0 radical (unpaired) electrons. The largest absolute Gasteiger partial charge is 0.545 e. The minimum atomic E-state index is -1.17. The van der Waals surface area contributed by atoms with Crippen molar-refractivity contribution in [1.29, 1.82) is 0 Å². The number of carbonyl (C=O) groups is 1. The third-order valence-electron chi connectivity index (χ3n) is 4.69. The lowest BCUT2D eigenvalue weighted by atomic mass is 10.1. The van der Waals surface area contributed by atoms with Crippen molar-refractivity contribution in [1.82, 2.24) is 0 Å². The lowest BCUT2D eigenvalue weighted by Crippen LogP contribution is -3.09. The van der Waals surface area contributed by atoms with E-state index in [2.05, 4.69) is 5.32 Å². The summed E-state index contributed by atoms with van der Waals surface area (Å²) in [5, 5.41) is 14.9. The van der Waals surface area contributed by atoms with Gasteiger partial charge in [0.15, 0.2) is 0 Å². The number of hydrogen-bond acceptors (Lipinski definition) is 6. The predicted molar refractivity (Wildman–Crippen MR) is 98.8 cm³/mol. The fourth-order valence-electron chi connectivity index (χ4n) is 3.21. The first kappa shape index (κ1) is 19.0. The van der Waals surface area contributed by atoms with Crippen molar-refractivity contribution in [3.05, 3.63) is 47.5 Å². The number of benzene rings is 2. The topological polar surface area (TPSA) is 84.3 Å². The number of nitrogens with one attached hydrogen (secondary N) is 2. The molecule has 0 aliphatic carbocycles. The molecule has 0 saturated carbocycles. The molecule has 0 aromatic heterocycles. The molecule has 1 heterocycles. The van der Waals surface area contributed by atoms with E-state index in [1.165, 1.54) is 0 Å². The van der Waals surface area contributed by atoms with Crippen LogP contribution in [0.5, 0.6) is 11.5 Å². The fourth-order valence-corrected chi connectivity index (χ4v) is 3.21. The highest BCUT2D eigenvalue weighted by Gasteiger charge is 2.21. The van der Waals surface area contributed by atoms with E-state index in [0.29, 0.717) is 36.9 Å². The SMILES string of the molecule is COc1ccc(CNc2ccc([NH+]3CCOCC3)c(C(=O)[O-])c2)c(OC)c1. The predicted octanol–water partition coefficient (Wildman–Crippen LogP) is 0.226. The normalized spacial score (nSPS) is 14.6. The summed E-state index contributed by atoms with van der Waals surface area (Å²) in [7, 11) is 3.21. The minimum Gasteiger partial charge on any atom is -0.545 e. The van der Waals surface area contributed by atoms with Crippen LogP contribution in [0.4, 0.5) is 11.4 Å². The molecule has 0 amide bonds. The molecule has 0 spiro atoms. The smallest absolute Gasteiger partial charge is 0.140 e. The van der Waals surface area contributed by atoms with E-state index in [1.54, 1.807) is 20.3 Å². The number of morpholine rings is 1. The zero-order valence-electron chi connectivity index (χ0n) is 15.5. The van der Waals surface area contributed by atoms with Crippen molar-refractivity contribution in [3.8, 4) is 11.5 Å². The van der Waals surface area contributed by atoms with E-state index in [-0.39, 0.29) is 5.56 Å². The van der Waals surface area contributed by atoms with Gasteiger partial charge in [-0.3, -0.25) is 4.90 Å². The number of carboxylic acid groups (broad SMARTS) is 1. The van der Waals surface area contributed by atoms with Crippen LogP contribution in [-0.2, 0) is 11.3 Å². The van der Waals surface area contributed by atoms with Crippen molar-refractivity contribution in [3.63, 3.8) is 0 Å². The number of rotatable bonds is 7. The van der Waals surface area contributed by atoms with E-state index in [9.17, 15) is 9.90 Å². The summed E-state index contributed by atoms with van der Waals surface area (Å²) in [6.07, 6.45) is 0. The zero-order chi connectivity index (χ0) is 19.2. The molecule has 1 aliphatic rings. The third-order valence-corrected chi connectivity index (χ3v) is 4.69. The Morgan fingerprint density at radius 2 is 1.93 bits per heavy atom. The summed E-state index contributed by atoms with van der Waals surface area (Å²) in [6.45, 7) is 3.23. The molecule has 0 atom stereocenters. The van der Waals surface area contributed by atoms with Crippen molar-refractivity contribution in [2.45, 2.75) is 6.54 Å². The molecular weight excluding hydrogens is 348 g/mol. The molecule has 0 unspecified atom stereocenters. The lowest BCUT2D eigenvalue weighted by molar-refractivity contribution is -0.842. The maximum Gasteiger partial charge on any atom is 0.140 e. The highest BCUT2D eigenvalue weighted by molar-refractivity contribution is 5.92. The zero-order valence-corrected chi connectivity index (χ0v) is 15.5. The molecule has 7 nitrogen and oxygen atoms in total. The Hall–Kier alpha value is -2.77. The summed E-state index contributed by atoms with van der Waals surface area (Å²) < 4.78 is 16.0. The van der Waals surface area contributed by atoms with E-state index >= 15 is 0 Å². The Balaban J connectivity index is 1.77. The van der Waals surface area contributed by atoms with Gasteiger partial charge in [0.2, 0.25) is 0 Å². The van der Waals surface area contributed by atoms with Gasteiger partial charge >= 0.3 is 0 Å². The fraction of sp³-hybridized carbons (Fsp3) is 0.350. The molecule has 27 heavy (non-hydrogen) atoms. The second kappa shape index (κ2) is 8.75. The van der Waals surface area contributed by atoms with Gasteiger partial charge in [0, 0.05) is 29.9 Å². The molecule has 0 bridgehead atoms. The average Bonchev–Trinajstić information content (AvgIpc) is 2.72. The molecule has 144 valence electrons. The summed E-state index contributed by atoms with van der Waals surface area (Å²) in [5.41, 5.74) is 2.60.